The SMILES string of the molecule is O=c1[nH]c2cc(C=C3c4ccccc4CCc4ccccc43)ccc2o1. The number of rotatable bonds is 1. The Bertz CT molecular complexity index is 1160. The highest BCUT2D eigenvalue weighted by molar-refractivity contribution is 5.95. The molecule has 1 N–H and O–H groups in total. The van der Waals surface area contributed by atoms with Gasteiger partial charge in [0.05, 0.1) is 5.52 Å². The van der Waals surface area contributed by atoms with Crippen LogP contribution in [0.15, 0.2) is 75.9 Å². The van der Waals surface area contributed by atoms with E-state index >= 15 is 0 Å². The van der Waals surface area contributed by atoms with Crippen LogP contribution in [0.3, 0.4) is 0 Å². The Balaban J connectivity index is 1.75. The van der Waals surface area contributed by atoms with E-state index in [9.17, 15) is 4.79 Å². The van der Waals surface area contributed by atoms with Gasteiger partial charge in [-0.25, -0.2) is 4.79 Å². The molecule has 126 valence electrons. The standard InChI is InChI=1S/C23H17NO2/c25-23-24-21-14-15(9-12-22(21)26-23)13-20-18-7-3-1-5-16(18)10-11-17-6-2-4-8-19(17)20/h1-9,12-14H,10-11H2,(H,24,25). The zero-order valence-electron chi connectivity index (χ0n) is 14.2. The first-order valence-electron chi connectivity index (χ1n) is 8.79. The smallest absolute Gasteiger partial charge is 0.408 e. The molecule has 5 rings (SSSR count). The quantitative estimate of drug-likeness (QED) is 0.541. The van der Waals surface area contributed by atoms with Crippen LogP contribution in [0.25, 0.3) is 22.7 Å². The lowest BCUT2D eigenvalue weighted by Crippen LogP contribution is -1.93. The van der Waals surface area contributed by atoms with Crippen molar-refractivity contribution in [3.05, 3.63) is 105 Å². The van der Waals surface area contributed by atoms with Crippen molar-refractivity contribution in [2.24, 2.45) is 0 Å². The molecule has 26 heavy (non-hydrogen) atoms. The number of fused-ring (bicyclic) bond motifs is 3. The van der Waals surface area contributed by atoms with Crippen LogP contribution >= 0.6 is 0 Å². The summed E-state index contributed by atoms with van der Waals surface area (Å²) in [5.74, 6) is -0.421. The van der Waals surface area contributed by atoms with Gasteiger partial charge in [-0.05, 0) is 64.4 Å². The van der Waals surface area contributed by atoms with Gasteiger partial charge in [0.2, 0.25) is 0 Å². The highest BCUT2D eigenvalue weighted by Gasteiger charge is 2.17. The molecule has 1 aliphatic rings. The molecule has 0 fully saturated rings. The number of hydrogen-bond donors (Lipinski definition) is 1. The van der Waals surface area contributed by atoms with Crippen LogP contribution < -0.4 is 5.76 Å². The van der Waals surface area contributed by atoms with Crippen LogP contribution in [0.5, 0.6) is 0 Å². The molecule has 3 nitrogen and oxygen atoms in total. The fourth-order valence-electron chi connectivity index (χ4n) is 3.80. The van der Waals surface area contributed by atoms with E-state index in [4.69, 9.17) is 4.42 Å². The second-order valence-corrected chi connectivity index (χ2v) is 6.64. The molecule has 0 saturated carbocycles. The van der Waals surface area contributed by atoms with Crippen LogP contribution in [-0.4, -0.2) is 4.98 Å². The van der Waals surface area contributed by atoms with Crippen LogP contribution in [0.1, 0.15) is 27.8 Å². The van der Waals surface area contributed by atoms with Crippen LogP contribution in [0.2, 0.25) is 0 Å². The van der Waals surface area contributed by atoms with Gasteiger partial charge in [-0.3, -0.25) is 4.98 Å². The van der Waals surface area contributed by atoms with Crippen molar-refractivity contribution < 1.29 is 4.42 Å². The first kappa shape index (κ1) is 15.0. The molecule has 1 heterocycles. The molecule has 0 radical (unpaired) electrons. The number of aromatic nitrogens is 1. The van der Waals surface area contributed by atoms with Gasteiger partial charge < -0.3 is 4.42 Å². The number of aromatic amines is 1. The van der Waals surface area contributed by atoms with E-state index in [1.165, 1.54) is 27.8 Å². The Hall–Kier alpha value is -3.33. The second kappa shape index (κ2) is 5.88. The van der Waals surface area contributed by atoms with E-state index < -0.39 is 5.76 Å². The summed E-state index contributed by atoms with van der Waals surface area (Å²) >= 11 is 0. The third-order valence-corrected chi connectivity index (χ3v) is 5.03. The molecule has 0 aliphatic heterocycles. The second-order valence-electron chi connectivity index (χ2n) is 6.64. The molecule has 4 aromatic rings. The Morgan fingerprint density at radius 2 is 1.50 bits per heavy atom. The summed E-state index contributed by atoms with van der Waals surface area (Å²) in [6, 6.07) is 23.0. The van der Waals surface area contributed by atoms with Crippen LogP contribution in [-0.2, 0) is 12.8 Å². The van der Waals surface area contributed by atoms with Crippen molar-refractivity contribution in [2.45, 2.75) is 12.8 Å². The van der Waals surface area contributed by atoms with E-state index in [1.54, 1.807) is 0 Å². The van der Waals surface area contributed by atoms with E-state index in [0.717, 1.165) is 23.9 Å². The molecule has 0 unspecified atom stereocenters. The number of H-pyrrole nitrogens is 1. The third kappa shape index (κ3) is 2.49. The van der Waals surface area contributed by atoms with Gasteiger partial charge in [0.15, 0.2) is 5.58 Å². The maximum absolute atomic E-state index is 11.4. The van der Waals surface area contributed by atoms with Crippen LogP contribution in [0.4, 0.5) is 0 Å². The summed E-state index contributed by atoms with van der Waals surface area (Å²) in [5.41, 5.74) is 8.85. The first-order chi connectivity index (χ1) is 12.8. The Kier molecular flexibility index (Phi) is 3.39. The minimum Gasteiger partial charge on any atom is -0.408 e. The topological polar surface area (TPSA) is 46.0 Å². The van der Waals surface area contributed by atoms with Crippen molar-refractivity contribution in [1.29, 1.82) is 0 Å². The summed E-state index contributed by atoms with van der Waals surface area (Å²) in [6.45, 7) is 0. The normalized spacial score (nSPS) is 13.2. The average Bonchev–Trinajstić information content (AvgIpc) is 2.96. The number of aryl methyl sites for hydroxylation is 2. The summed E-state index contributed by atoms with van der Waals surface area (Å²) in [5, 5.41) is 0. The summed E-state index contributed by atoms with van der Waals surface area (Å²) < 4.78 is 5.11. The van der Waals surface area contributed by atoms with Crippen molar-refractivity contribution >= 4 is 22.7 Å². The average molecular weight is 339 g/mol. The minimum absolute atomic E-state index is 0.421. The van der Waals surface area contributed by atoms with E-state index in [-0.39, 0.29) is 0 Å². The molecule has 3 heteroatoms. The molecule has 0 amide bonds. The molecule has 0 spiro atoms. The lowest BCUT2D eigenvalue weighted by atomic mass is 9.92. The fourth-order valence-corrected chi connectivity index (χ4v) is 3.80. The highest BCUT2D eigenvalue weighted by atomic mass is 16.4. The molecule has 1 aliphatic carbocycles. The summed E-state index contributed by atoms with van der Waals surface area (Å²) in [6.07, 6.45) is 4.28. The molecule has 1 aromatic heterocycles. The minimum atomic E-state index is -0.421. The van der Waals surface area contributed by atoms with Gasteiger partial charge in [-0.15, -0.1) is 0 Å². The summed E-state index contributed by atoms with van der Waals surface area (Å²) in [7, 11) is 0. The number of nitrogens with one attached hydrogen (secondary N) is 1. The molecular weight excluding hydrogens is 322 g/mol. The van der Waals surface area contributed by atoms with Crippen molar-refractivity contribution in [1.82, 2.24) is 4.98 Å². The van der Waals surface area contributed by atoms with E-state index in [1.807, 2.05) is 18.2 Å². The number of oxazole rings is 1. The van der Waals surface area contributed by atoms with E-state index in [2.05, 4.69) is 59.6 Å². The maximum atomic E-state index is 11.4. The van der Waals surface area contributed by atoms with Gasteiger partial charge in [-0.2, -0.15) is 0 Å². The van der Waals surface area contributed by atoms with Crippen molar-refractivity contribution in [2.75, 3.05) is 0 Å². The predicted octanol–water partition coefficient (Wildman–Crippen LogP) is 4.81. The van der Waals surface area contributed by atoms with Crippen molar-refractivity contribution in [3.8, 4) is 0 Å². The number of hydrogen-bond acceptors (Lipinski definition) is 2. The van der Waals surface area contributed by atoms with Gasteiger partial charge in [0.1, 0.15) is 0 Å². The largest absolute Gasteiger partial charge is 0.417 e. The molecule has 0 bridgehead atoms. The van der Waals surface area contributed by atoms with Gasteiger partial charge in [0.25, 0.3) is 0 Å². The summed E-state index contributed by atoms with van der Waals surface area (Å²) in [4.78, 5) is 14.2. The van der Waals surface area contributed by atoms with Gasteiger partial charge in [0, 0.05) is 0 Å². The van der Waals surface area contributed by atoms with E-state index in [0.29, 0.717) is 5.58 Å². The zero-order chi connectivity index (χ0) is 17.5. The Morgan fingerprint density at radius 1 is 0.846 bits per heavy atom. The van der Waals surface area contributed by atoms with Crippen LogP contribution in [0, 0.1) is 0 Å². The highest BCUT2D eigenvalue weighted by Crippen LogP contribution is 2.35. The predicted molar refractivity (Wildman–Crippen MR) is 104 cm³/mol. The third-order valence-electron chi connectivity index (χ3n) is 5.03. The van der Waals surface area contributed by atoms with Gasteiger partial charge >= 0.3 is 5.76 Å². The van der Waals surface area contributed by atoms with Gasteiger partial charge in [-0.1, -0.05) is 54.6 Å². The lowest BCUT2D eigenvalue weighted by Gasteiger charge is -2.12. The first-order valence-corrected chi connectivity index (χ1v) is 8.79. The molecule has 0 saturated heterocycles. The molecule has 3 aromatic carbocycles. The molecule has 0 atom stereocenters. The molecular formula is C23H17NO2. The Labute approximate surface area is 150 Å². The maximum Gasteiger partial charge on any atom is 0.417 e. The zero-order valence-corrected chi connectivity index (χ0v) is 14.2. The van der Waals surface area contributed by atoms with Crippen molar-refractivity contribution in [3.63, 3.8) is 0 Å². The number of benzene rings is 3. The monoisotopic (exact) mass is 339 g/mol. The Morgan fingerprint density at radius 3 is 2.19 bits per heavy atom. The fraction of sp³-hybridized carbons (Fsp3) is 0.0870. The lowest BCUT2D eigenvalue weighted by molar-refractivity contribution is 0.555.